The molecule has 0 radical (unpaired) electrons. The second kappa shape index (κ2) is 5.43. The molecule has 0 aliphatic rings. The maximum atomic E-state index is 11.8. The van der Waals surface area contributed by atoms with E-state index in [0.717, 1.165) is 18.1 Å². The molecule has 2 aromatic rings. The first-order valence-electron chi connectivity index (χ1n) is 6.32. The van der Waals surface area contributed by atoms with Crippen LogP contribution in [0.1, 0.15) is 53.3 Å². The number of carbonyl (C=O) groups is 2. The summed E-state index contributed by atoms with van der Waals surface area (Å²) in [7, 11) is 0. The molecule has 0 unspecified atom stereocenters. The predicted molar refractivity (Wildman–Crippen MR) is 72.0 cm³/mol. The van der Waals surface area contributed by atoms with Gasteiger partial charge in [0.15, 0.2) is 5.76 Å². The maximum Gasteiger partial charge on any atom is 0.338 e. The molecule has 0 aromatic carbocycles. The Hall–Kier alpha value is -2.57. The molecule has 0 aliphatic carbocycles. The number of carboxylic acids is 1. The van der Waals surface area contributed by atoms with Crippen molar-refractivity contribution in [2.45, 2.75) is 32.7 Å². The fourth-order valence-corrected chi connectivity index (χ4v) is 1.55. The van der Waals surface area contributed by atoms with Crippen molar-refractivity contribution in [1.29, 1.82) is 0 Å². The molecule has 21 heavy (non-hydrogen) atoms. The van der Waals surface area contributed by atoms with Crippen molar-refractivity contribution >= 4 is 11.9 Å². The summed E-state index contributed by atoms with van der Waals surface area (Å²) in [6, 6.07) is 1.16. The van der Waals surface area contributed by atoms with Gasteiger partial charge < -0.3 is 19.3 Å². The lowest BCUT2D eigenvalue weighted by Crippen LogP contribution is -2.22. The van der Waals surface area contributed by atoms with Gasteiger partial charge in [0.05, 0.1) is 18.3 Å². The summed E-state index contributed by atoms with van der Waals surface area (Å²) in [5.74, 6) is -0.662. The lowest BCUT2D eigenvalue weighted by atomic mass is 9.94. The molecule has 2 rings (SSSR count). The fourth-order valence-electron chi connectivity index (χ4n) is 1.55. The van der Waals surface area contributed by atoms with Crippen LogP contribution in [0.25, 0.3) is 0 Å². The number of aromatic carboxylic acids is 1. The quantitative estimate of drug-likeness (QED) is 0.894. The summed E-state index contributed by atoms with van der Waals surface area (Å²) < 4.78 is 10.4. The maximum absolute atomic E-state index is 11.8. The second-order valence-corrected chi connectivity index (χ2v) is 5.56. The number of nitrogens with zero attached hydrogens (tertiary/aromatic N) is 1. The summed E-state index contributed by atoms with van der Waals surface area (Å²) in [6.45, 7) is 6.07. The molecule has 0 atom stereocenters. The van der Waals surface area contributed by atoms with Crippen LogP contribution in [-0.4, -0.2) is 22.0 Å². The van der Waals surface area contributed by atoms with Crippen molar-refractivity contribution in [3.8, 4) is 0 Å². The molecular weight excluding hydrogens is 276 g/mol. The molecule has 0 saturated carbocycles. The third kappa shape index (κ3) is 3.50. The Morgan fingerprint density at radius 3 is 2.62 bits per heavy atom. The molecule has 112 valence electrons. The summed E-state index contributed by atoms with van der Waals surface area (Å²) in [5.41, 5.74) is -0.238. The van der Waals surface area contributed by atoms with Gasteiger partial charge in [-0.1, -0.05) is 20.8 Å². The molecule has 7 nitrogen and oxygen atoms in total. The van der Waals surface area contributed by atoms with Gasteiger partial charge in [-0.25, -0.2) is 9.78 Å². The van der Waals surface area contributed by atoms with Crippen LogP contribution in [-0.2, 0) is 12.0 Å². The molecule has 0 saturated heterocycles. The highest BCUT2D eigenvalue weighted by molar-refractivity contribution is 5.95. The third-order valence-electron chi connectivity index (χ3n) is 2.76. The van der Waals surface area contributed by atoms with Crippen LogP contribution >= 0.6 is 0 Å². The summed E-state index contributed by atoms with van der Waals surface area (Å²) >= 11 is 0. The number of hydrogen-bond acceptors (Lipinski definition) is 5. The molecule has 2 heterocycles. The van der Waals surface area contributed by atoms with Gasteiger partial charge >= 0.3 is 5.97 Å². The Morgan fingerprint density at radius 2 is 2.10 bits per heavy atom. The van der Waals surface area contributed by atoms with E-state index in [4.69, 9.17) is 13.9 Å². The second-order valence-electron chi connectivity index (χ2n) is 5.56. The van der Waals surface area contributed by atoms with Gasteiger partial charge in [0.1, 0.15) is 12.0 Å². The number of amides is 1. The van der Waals surface area contributed by atoms with Crippen molar-refractivity contribution < 1.29 is 23.5 Å². The average Bonchev–Trinajstić information content (AvgIpc) is 3.04. The first-order valence-corrected chi connectivity index (χ1v) is 6.32. The van der Waals surface area contributed by atoms with Crippen LogP contribution in [0.3, 0.4) is 0 Å². The fraction of sp³-hybridized carbons (Fsp3) is 0.357. The summed E-state index contributed by atoms with van der Waals surface area (Å²) in [4.78, 5) is 26.6. The lowest BCUT2D eigenvalue weighted by Gasteiger charge is -2.13. The number of furan rings is 1. The van der Waals surface area contributed by atoms with Gasteiger partial charge in [-0.05, 0) is 0 Å². The summed E-state index contributed by atoms with van der Waals surface area (Å²) in [5, 5.41) is 11.3. The molecule has 0 aliphatic heterocycles. The molecule has 1 amide bonds. The standard InChI is InChI=1S/C14H16N2O5/c1-14(2,3)10-5-15-11(21-10)6-16-12(17)9-4-8(7-20-9)13(18)19/h4-5,7H,6H2,1-3H3,(H,16,17)(H,18,19). The Bertz CT molecular complexity index is 663. The molecule has 2 aromatic heterocycles. The van der Waals surface area contributed by atoms with Crippen LogP contribution < -0.4 is 5.32 Å². The smallest absolute Gasteiger partial charge is 0.338 e. The highest BCUT2D eigenvalue weighted by atomic mass is 16.4. The number of carbonyl (C=O) groups excluding carboxylic acids is 1. The lowest BCUT2D eigenvalue weighted by molar-refractivity contribution is 0.0696. The van der Waals surface area contributed by atoms with Gasteiger partial charge in [0.2, 0.25) is 5.89 Å². The van der Waals surface area contributed by atoms with Crippen molar-refractivity contribution in [3.63, 3.8) is 0 Å². The third-order valence-corrected chi connectivity index (χ3v) is 2.76. The van der Waals surface area contributed by atoms with E-state index in [0.29, 0.717) is 5.89 Å². The number of aromatic nitrogens is 1. The van der Waals surface area contributed by atoms with Gasteiger partial charge in [-0.15, -0.1) is 0 Å². The van der Waals surface area contributed by atoms with E-state index in [-0.39, 0.29) is 23.3 Å². The Balaban J connectivity index is 1.97. The average molecular weight is 292 g/mol. The van der Waals surface area contributed by atoms with E-state index in [2.05, 4.69) is 10.3 Å². The number of oxazole rings is 1. The van der Waals surface area contributed by atoms with Crippen molar-refractivity contribution in [2.24, 2.45) is 0 Å². The Labute approximate surface area is 121 Å². The Morgan fingerprint density at radius 1 is 1.38 bits per heavy atom. The molecule has 0 bridgehead atoms. The number of carboxylic acid groups (broad SMARTS) is 1. The highest BCUT2D eigenvalue weighted by Crippen LogP contribution is 2.22. The predicted octanol–water partition coefficient (Wildman–Crippen LogP) is 2.19. The Kier molecular flexibility index (Phi) is 3.84. The van der Waals surface area contributed by atoms with E-state index >= 15 is 0 Å². The first-order chi connectivity index (χ1) is 9.77. The summed E-state index contributed by atoms with van der Waals surface area (Å²) in [6.07, 6.45) is 2.64. The van der Waals surface area contributed by atoms with Crippen LogP contribution in [0, 0.1) is 0 Å². The highest BCUT2D eigenvalue weighted by Gasteiger charge is 2.20. The van der Waals surface area contributed by atoms with Crippen molar-refractivity contribution in [2.75, 3.05) is 0 Å². The monoisotopic (exact) mass is 292 g/mol. The SMILES string of the molecule is CC(C)(C)c1cnc(CNC(=O)c2cc(C(=O)O)co2)o1. The van der Waals surface area contributed by atoms with E-state index in [1.54, 1.807) is 6.20 Å². The zero-order valence-electron chi connectivity index (χ0n) is 12.0. The van der Waals surface area contributed by atoms with E-state index in [1.165, 1.54) is 0 Å². The first kappa shape index (κ1) is 14.8. The van der Waals surface area contributed by atoms with E-state index in [9.17, 15) is 9.59 Å². The largest absolute Gasteiger partial charge is 0.478 e. The minimum atomic E-state index is -1.15. The molecule has 2 N–H and O–H groups in total. The van der Waals surface area contributed by atoms with Gasteiger partial charge in [-0.3, -0.25) is 4.79 Å². The molecule has 0 spiro atoms. The topological polar surface area (TPSA) is 106 Å². The van der Waals surface area contributed by atoms with E-state index < -0.39 is 11.9 Å². The number of rotatable bonds is 4. The zero-order valence-corrected chi connectivity index (χ0v) is 12.0. The molecule has 7 heteroatoms. The van der Waals surface area contributed by atoms with Crippen molar-refractivity contribution in [3.05, 3.63) is 41.5 Å². The van der Waals surface area contributed by atoms with Crippen LogP contribution in [0.5, 0.6) is 0 Å². The number of hydrogen-bond donors (Lipinski definition) is 2. The number of nitrogens with one attached hydrogen (secondary N) is 1. The van der Waals surface area contributed by atoms with Crippen LogP contribution in [0.4, 0.5) is 0 Å². The van der Waals surface area contributed by atoms with Crippen LogP contribution in [0.15, 0.2) is 27.4 Å². The van der Waals surface area contributed by atoms with Gasteiger partial charge in [-0.2, -0.15) is 0 Å². The zero-order chi connectivity index (χ0) is 15.6. The van der Waals surface area contributed by atoms with Crippen molar-refractivity contribution in [1.82, 2.24) is 10.3 Å². The van der Waals surface area contributed by atoms with Crippen LogP contribution in [0.2, 0.25) is 0 Å². The minimum absolute atomic E-state index is 0.0741. The van der Waals surface area contributed by atoms with Gasteiger partial charge in [0.25, 0.3) is 5.91 Å². The molecule has 0 fully saturated rings. The minimum Gasteiger partial charge on any atom is -0.478 e. The van der Waals surface area contributed by atoms with Gasteiger partial charge in [0, 0.05) is 11.5 Å². The normalized spacial score (nSPS) is 11.4. The van der Waals surface area contributed by atoms with E-state index in [1.807, 2.05) is 20.8 Å². The molecular formula is C14H16N2O5.